The molecule has 8 N–H and O–H groups in total. The zero-order chi connectivity index (χ0) is 28.7. The molecule has 4 atom stereocenters. The van der Waals surface area contributed by atoms with Crippen molar-refractivity contribution in [1.82, 2.24) is 16.0 Å². The summed E-state index contributed by atoms with van der Waals surface area (Å²) < 4.78 is 0. The van der Waals surface area contributed by atoms with E-state index in [0.717, 1.165) is 0 Å². The van der Waals surface area contributed by atoms with Crippen LogP contribution in [0.2, 0.25) is 0 Å². The largest absolute Gasteiger partial charge is 0.481 e. The predicted molar refractivity (Wildman–Crippen MR) is 138 cm³/mol. The minimum absolute atomic E-state index is 0.0628. The van der Waals surface area contributed by atoms with Crippen LogP contribution in [-0.4, -0.2) is 87.1 Å². The Morgan fingerprint density at radius 3 is 1.68 bits per heavy atom. The lowest BCUT2D eigenvalue weighted by Crippen LogP contribution is -2.57. The molecule has 13 nitrogen and oxygen atoms in total. The van der Waals surface area contributed by atoms with E-state index in [1.807, 2.05) is 6.26 Å². The lowest BCUT2D eigenvalue weighted by atomic mass is 10.0. The predicted octanol–water partition coefficient (Wildman–Crippen LogP) is -0.422. The molecule has 14 heteroatoms. The topological polar surface area (TPSA) is 225 Å². The Morgan fingerprint density at radius 2 is 1.24 bits per heavy atom. The first-order valence-electron chi connectivity index (χ1n) is 11.8. The average Bonchev–Trinajstić information content (AvgIpc) is 2.86. The van der Waals surface area contributed by atoms with Crippen LogP contribution in [0.15, 0.2) is 30.3 Å². The summed E-state index contributed by atoms with van der Waals surface area (Å²) in [5, 5.41) is 34.7. The summed E-state index contributed by atoms with van der Waals surface area (Å²) in [6.45, 7) is 0. The number of benzene rings is 1. The standard InChI is InChI=1S/C24H34N4O9S/c1-38-12-11-15(25)21(33)26-16(7-9-19(29)30)22(34)27-17(8-10-20(31)32)23(35)28-18(24(36)37)13-14-5-3-2-4-6-14/h2-6,15-18H,7-13,25H2,1H3,(H,26,33)(H,27,34)(H,28,35)(H,29,30)(H,31,32)(H,36,37)/t15-,16-,17-,18-/m0/s1. The van der Waals surface area contributed by atoms with Crippen LogP contribution in [0.25, 0.3) is 0 Å². The van der Waals surface area contributed by atoms with E-state index < -0.39 is 72.6 Å². The number of nitrogens with two attached hydrogens (primary N) is 1. The molecule has 0 radical (unpaired) electrons. The summed E-state index contributed by atoms with van der Waals surface area (Å²) in [4.78, 5) is 72.3. The second-order valence-corrected chi connectivity index (χ2v) is 9.45. The first-order chi connectivity index (χ1) is 17.9. The maximum Gasteiger partial charge on any atom is 0.326 e. The van der Waals surface area contributed by atoms with Gasteiger partial charge in [-0.15, -0.1) is 0 Å². The van der Waals surface area contributed by atoms with Gasteiger partial charge >= 0.3 is 17.9 Å². The Kier molecular flexibility index (Phi) is 14.5. The van der Waals surface area contributed by atoms with Crippen LogP contribution >= 0.6 is 11.8 Å². The van der Waals surface area contributed by atoms with Crippen molar-refractivity contribution >= 4 is 47.4 Å². The van der Waals surface area contributed by atoms with Crippen molar-refractivity contribution < 1.29 is 44.1 Å². The van der Waals surface area contributed by atoms with Crippen LogP contribution in [0.5, 0.6) is 0 Å². The molecule has 0 unspecified atom stereocenters. The van der Waals surface area contributed by atoms with Gasteiger partial charge in [0, 0.05) is 19.3 Å². The zero-order valence-electron chi connectivity index (χ0n) is 20.9. The fourth-order valence-corrected chi connectivity index (χ4v) is 3.81. The lowest BCUT2D eigenvalue weighted by Gasteiger charge is -2.25. The highest BCUT2D eigenvalue weighted by atomic mass is 32.2. The normalized spacial score (nSPS) is 13.8. The molecule has 0 aliphatic carbocycles. The SMILES string of the molecule is CSCC[C@H](N)C(=O)N[C@@H](CCC(=O)O)C(=O)N[C@@H](CCC(=O)O)C(=O)N[C@@H](Cc1ccccc1)C(=O)O. The third-order valence-electron chi connectivity index (χ3n) is 5.43. The maximum atomic E-state index is 13.0. The monoisotopic (exact) mass is 554 g/mol. The molecule has 3 amide bonds. The zero-order valence-corrected chi connectivity index (χ0v) is 21.7. The van der Waals surface area contributed by atoms with Gasteiger partial charge in [0.25, 0.3) is 0 Å². The van der Waals surface area contributed by atoms with E-state index in [9.17, 15) is 33.9 Å². The summed E-state index contributed by atoms with van der Waals surface area (Å²) in [5.74, 6) is -5.81. The van der Waals surface area contributed by atoms with Crippen LogP contribution in [0, 0.1) is 0 Å². The van der Waals surface area contributed by atoms with Crippen molar-refractivity contribution in [3.05, 3.63) is 35.9 Å². The molecule has 0 saturated carbocycles. The van der Waals surface area contributed by atoms with Crippen LogP contribution in [0.1, 0.15) is 37.7 Å². The first kappa shape index (κ1) is 32.4. The minimum Gasteiger partial charge on any atom is -0.481 e. The Balaban J connectivity index is 3.04. The van der Waals surface area contributed by atoms with Gasteiger partial charge < -0.3 is 37.0 Å². The molecule has 38 heavy (non-hydrogen) atoms. The van der Waals surface area contributed by atoms with E-state index in [0.29, 0.717) is 17.7 Å². The maximum absolute atomic E-state index is 13.0. The van der Waals surface area contributed by atoms with Crippen molar-refractivity contribution in [3.8, 4) is 0 Å². The smallest absolute Gasteiger partial charge is 0.326 e. The molecule has 0 heterocycles. The Labute approximate surface area is 223 Å². The first-order valence-corrected chi connectivity index (χ1v) is 13.2. The quantitative estimate of drug-likeness (QED) is 0.123. The van der Waals surface area contributed by atoms with E-state index in [-0.39, 0.29) is 19.3 Å². The van der Waals surface area contributed by atoms with Crippen molar-refractivity contribution in [2.24, 2.45) is 5.73 Å². The fraction of sp³-hybridized carbons (Fsp3) is 0.500. The highest BCUT2D eigenvalue weighted by Gasteiger charge is 2.31. The van der Waals surface area contributed by atoms with E-state index in [1.54, 1.807) is 30.3 Å². The second kappa shape index (κ2) is 17.0. The van der Waals surface area contributed by atoms with Crippen molar-refractivity contribution in [2.75, 3.05) is 12.0 Å². The number of rotatable bonds is 18. The number of thioether (sulfide) groups is 1. The molecular formula is C24H34N4O9S. The van der Waals surface area contributed by atoms with Crippen LogP contribution in [0.4, 0.5) is 0 Å². The number of hydrogen-bond acceptors (Lipinski definition) is 8. The highest BCUT2D eigenvalue weighted by molar-refractivity contribution is 7.98. The number of carboxylic acid groups (broad SMARTS) is 3. The summed E-state index contributed by atoms with van der Waals surface area (Å²) in [5.41, 5.74) is 6.45. The van der Waals surface area contributed by atoms with Crippen LogP contribution in [0.3, 0.4) is 0 Å². The van der Waals surface area contributed by atoms with Gasteiger partial charge in [-0.2, -0.15) is 11.8 Å². The molecule has 0 spiro atoms. The number of carbonyl (C=O) groups is 6. The number of carboxylic acids is 3. The van der Waals surface area contributed by atoms with E-state index >= 15 is 0 Å². The van der Waals surface area contributed by atoms with Crippen molar-refractivity contribution in [3.63, 3.8) is 0 Å². The highest BCUT2D eigenvalue weighted by Crippen LogP contribution is 2.08. The van der Waals surface area contributed by atoms with Gasteiger partial charge in [-0.05, 0) is 36.8 Å². The van der Waals surface area contributed by atoms with Gasteiger partial charge in [0.05, 0.1) is 6.04 Å². The van der Waals surface area contributed by atoms with Crippen LogP contribution < -0.4 is 21.7 Å². The molecule has 0 saturated heterocycles. The molecule has 210 valence electrons. The number of carbonyl (C=O) groups excluding carboxylic acids is 3. The Hall–Kier alpha value is -3.65. The molecule has 0 fully saturated rings. The van der Waals surface area contributed by atoms with Gasteiger partial charge in [0.1, 0.15) is 18.1 Å². The Bertz CT molecular complexity index is 977. The molecule has 1 rings (SSSR count). The van der Waals surface area contributed by atoms with Gasteiger partial charge in [0.2, 0.25) is 17.7 Å². The molecule has 0 aliphatic heterocycles. The van der Waals surface area contributed by atoms with E-state index in [4.69, 9.17) is 15.9 Å². The second-order valence-electron chi connectivity index (χ2n) is 8.46. The summed E-state index contributed by atoms with van der Waals surface area (Å²) in [6, 6.07) is 3.31. The fourth-order valence-electron chi connectivity index (χ4n) is 3.32. The molecule has 1 aromatic rings. The summed E-state index contributed by atoms with van der Waals surface area (Å²) >= 11 is 1.46. The van der Waals surface area contributed by atoms with Gasteiger partial charge in [0.15, 0.2) is 0 Å². The third kappa shape index (κ3) is 12.5. The number of hydrogen-bond donors (Lipinski definition) is 7. The number of aliphatic carboxylic acids is 3. The van der Waals surface area contributed by atoms with E-state index in [2.05, 4.69) is 16.0 Å². The van der Waals surface area contributed by atoms with E-state index in [1.165, 1.54) is 11.8 Å². The lowest BCUT2D eigenvalue weighted by molar-refractivity contribution is -0.143. The molecule has 0 aromatic heterocycles. The summed E-state index contributed by atoms with van der Waals surface area (Å²) in [6.07, 6.45) is 0.362. The minimum atomic E-state index is -1.47. The van der Waals surface area contributed by atoms with Crippen molar-refractivity contribution in [1.29, 1.82) is 0 Å². The molecule has 0 aliphatic rings. The molecule has 0 bridgehead atoms. The van der Waals surface area contributed by atoms with Gasteiger partial charge in [-0.1, -0.05) is 30.3 Å². The Morgan fingerprint density at radius 1 is 0.763 bits per heavy atom. The third-order valence-corrected chi connectivity index (χ3v) is 6.07. The van der Waals surface area contributed by atoms with Crippen LogP contribution in [-0.2, 0) is 35.2 Å². The average molecular weight is 555 g/mol. The van der Waals surface area contributed by atoms with Crippen molar-refractivity contribution in [2.45, 2.75) is 62.7 Å². The summed E-state index contributed by atoms with van der Waals surface area (Å²) in [7, 11) is 0. The van der Waals surface area contributed by atoms with Gasteiger partial charge in [-0.25, -0.2) is 4.79 Å². The molecular weight excluding hydrogens is 520 g/mol. The number of amides is 3. The number of nitrogens with one attached hydrogen (secondary N) is 3. The van der Waals surface area contributed by atoms with Gasteiger partial charge in [-0.3, -0.25) is 24.0 Å². The molecule has 1 aromatic carbocycles.